The number of pyridine rings is 1. The number of aromatic nitrogens is 1. The quantitative estimate of drug-likeness (QED) is 0.528. The highest BCUT2D eigenvalue weighted by Crippen LogP contribution is 2.33. The Balaban J connectivity index is 1.97. The first kappa shape index (κ1) is 19.4. The van der Waals surface area contributed by atoms with E-state index < -0.39 is 6.61 Å². The molecule has 2 rings (SSSR count). The van der Waals surface area contributed by atoms with Crippen molar-refractivity contribution in [2.24, 2.45) is 10.7 Å². The minimum Gasteiger partial charge on any atom is -0.490 e. The van der Waals surface area contributed by atoms with Crippen molar-refractivity contribution in [2.75, 3.05) is 13.2 Å². The Labute approximate surface area is 151 Å². The first-order valence-electron chi connectivity index (χ1n) is 8.23. The standard InChI is InChI=1S/C18H22F2N4O2/c1-2-25-15-8-5-6-13(16(15)26-17(19)20)12-24-18(21)23-11-9-14-7-3-4-10-22-14/h3-8,10,17H,2,9,11-12H2,1H3,(H3,21,23,24). The number of guanidine groups is 1. The lowest BCUT2D eigenvalue weighted by molar-refractivity contribution is -0.0520. The number of nitrogens with zero attached hydrogens (tertiary/aromatic N) is 2. The van der Waals surface area contributed by atoms with Gasteiger partial charge in [0.05, 0.1) is 13.2 Å². The topological polar surface area (TPSA) is 81.8 Å². The third kappa shape index (κ3) is 6.19. The minimum atomic E-state index is -2.95. The molecule has 0 aliphatic carbocycles. The number of aliphatic imine (C=N–C) groups is 1. The lowest BCUT2D eigenvalue weighted by atomic mass is 10.2. The molecule has 6 nitrogen and oxygen atoms in total. The Kier molecular flexibility index (Phi) is 7.60. The molecular formula is C18H22F2N4O2. The van der Waals surface area contributed by atoms with Crippen LogP contribution in [0.3, 0.4) is 0 Å². The van der Waals surface area contributed by atoms with E-state index in [1.807, 2.05) is 18.2 Å². The minimum absolute atomic E-state index is 0.0191. The summed E-state index contributed by atoms with van der Waals surface area (Å²) in [6.07, 6.45) is 2.42. The van der Waals surface area contributed by atoms with E-state index in [4.69, 9.17) is 10.5 Å². The number of alkyl halides is 2. The third-order valence-corrected chi connectivity index (χ3v) is 3.40. The maximum absolute atomic E-state index is 12.7. The molecule has 0 saturated heterocycles. The zero-order valence-corrected chi connectivity index (χ0v) is 14.5. The lowest BCUT2D eigenvalue weighted by Crippen LogP contribution is -2.33. The van der Waals surface area contributed by atoms with Gasteiger partial charge in [0.15, 0.2) is 17.5 Å². The predicted octanol–water partition coefficient (Wildman–Crippen LogP) is 2.73. The Hall–Kier alpha value is -2.90. The van der Waals surface area contributed by atoms with Gasteiger partial charge in [0.2, 0.25) is 0 Å². The largest absolute Gasteiger partial charge is 0.490 e. The molecule has 26 heavy (non-hydrogen) atoms. The van der Waals surface area contributed by atoms with Crippen LogP contribution in [0.1, 0.15) is 18.2 Å². The van der Waals surface area contributed by atoms with Crippen LogP contribution in [0.25, 0.3) is 0 Å². The second-order valence-corrected chi connectivity index (χ2v) is 5.26. The van der Waals surface area contributed by atoms with Crippen molar-refractivity contribution >= 4 is 5.96 Å². The number of nitrogens with one attached hydrogen (secondary N) is 1. The van der Waals surface area contributed by atoms with Gasteiger partial charge in [-0.15, -0.1) is 0 Å². The summed E-state index contributed by atoms with van der Waals surface area (Å²) in [4.78, 5) is 8.39. The summed E-state index contributed by atoms with van der Waals surface area (Å²) >= 11 is 0. The molecule has 0 aliphatic heterocycles. The van der Waals surface area contributed by atoms with Gasteiger partial charge in [0.1, 0.15) is 0 Å². The normalized spacial score (nSPS) is 11.5. The number of halogens is 2. The first-order chi connectivity index (χ1) is 12.6. The van der Waals surface area contributed by atoms with Crippen LogP contribution in [0.15, 0.2) is 47.6 Å². The number of rotatable bonds is 9. The molecule has 1 heterocycles. The molecular weight excluding hydrogens is 342 g/mol. The second-order valence-electron chi connectivity index (χ2n) is 5.26. The van der Waals surface area contributed by atoms with Crippen LogP contribution in [0.4, 0.5) is 8.78 Å². The summed E-state index contributed by atoms with van der Waals surface area (Å²) in [5.41, 5.74) is 7.23. The monoisotopic (exact) mass is 364 g/mol. The molecule has 1 aromatic carbocycles. The number of benzene rings is 1. The third-order valence-electron chi connectivity index (χ3n) is 3.40. The zero-order valence-electron chi connectivity index (χ0n) is 14.5. The van der Waals surface area contributed by atoms with Crippen molar-refractivity contribution in [3.8, 4) is 11.5 Å². The molecule has 0 amide bonds. The summed E-state index contributed by atoms with van der Waals surface area (Å²) in [5.74, 6) is 0.447. The summed E-state index contributed by atoms with van der Waals surface area (Å²) in [6, 6.07) is 10.6. The van der Waals surface area contributed by atoms with E-state index in [0.717, 1.165) is 5.69 Å². The fraction of sp³-hybridized carbons (Fsp3) is 0.333. The van der Waals surface area contributed by atoms with Crippen LogP contribution in [-0.2, 0) is 13.0 Å². The lowest BCUT2D eigenvalue weighted by Gasteiger charge is -2.14. The molecule has 1 aromatic heterocycles. The van der Waals surface area contributed by atoms with Gasteiger partial charge < -0.3 is 20.5 Å². The Morgan fingerprint density at radius 3 is 2.81 bits per heavy atom. The van der Waals surface area contributed by atoms with Crippen LogP contribution >= 0.6 is 0 Å². The Morgan fingerprint density at radius 1 is 1.27 bits per heavy atom. The molecule has 0 atom stereocenters. The zero-order chi connectivity index (χ0) is 18.8. The summed E-state index contributed by atoms with van der Waals surface area (Å²) in [5, 5.41) is 2.97. The van der Waals surface area contributed by atoms with Crippen molar-refractivity contribution in [1.82, 2.24) is 10.3 Å². The molecule has 0 radical (unpaired) electrons. The predicted molar refractivity (Wildman–Crippen MR) is 95.5 cm³/mol. The Bertz CT molecular complexity index is 712. The van der Waals surface area contributed by atoms with E-state index in [1.54, 1.807) is 31.3 Å². The van der Waals surface area contributed by atoms with Crippen molar-refractivity contribution in [2.45, 2.75) is 26.5 Å². The van der Waals surface area contributed by atoms with Crippen molar-refractivity contribution < 1.29 is 18.3 Å². The summed E-state index contributed by atoms with van der Waals surface area (Å²) < 4.78 is 35.3. The van der Waals surface area contributed by atoms with Gasteiger partial charge in [-0.25, -0.2) is 4.99 Å². The van der Waals surface area contributed by atoms with E-state index >= 15 is 0 Å². The first-order valence-corrected chi connectivity index (χ1v) is 8.23. The molecule has 0 bridgehead atoms. The maximum Gasteiger partial charge on any atom is 0.387 e. The fourth-order valence-corrected chi connectivity index (χ4v) is 2.27. The maximum atomic E-state index is 12.7. The summed E-state index contributed by atoms with van der Waals surface area (Å²) in [7, 11) is 0. The van der Waals surface area contributed by atoms with Crippen LogP contribution in [0, 0.1) is 0 Å². The van der Waals surface area contributed by atoms with E-state index in [1.165, 1.54) is 0 Å². The van der Waals surface area contributed by atoms with Gasteiger partial charge in [-0.1, -0.05) is 18.2 Å². The van der Waals surface area contributed by atoms with E-state index in [-0.39, 0.29) is 24.0 Å². The molecule has 0 aliphatic rings. The molecule has 0 fully saturated rings. The van der Waals surface area contributed by atoms with Crippen LogP contribution in [-0.4, -0.2) is 30.7 Å². The molecule has 3 N–H and O–H groups in total. The van der Waals surface area contributed by atoms with Gasteiger partial charge in [-0.3, -0.25) is 4.98 Å². The highest BCUT2D eigenvalue weighted by Gasteiger charge is 2.15. The van der Waals surface area contributed by atoms with Gasteiger partial charge in [-0.05, 0) is 25.1 Å². The van der Waals surface area contributed by atoms with Crippen LogP contribution < -0.4 is 20.5 Å². The number of nitrogens with two attached hydrogens (primary N) is 1. The smallest absolute Gasteiger partial charge is 0.387 e. The summed E-state index contributed by atoms with van der Waals surface area (Å²) in [6.45, 7) is -0.200. The van der Waals surface area contributed by atoms with Gasteiger partial charge in [0.25, 0.3) is 0 Å². The molecule has 140 valence electrons. The van der Waals surface area contributed by atoms with Crippen LogP contribution in [0.2, 0.25) is 0 Å². The van der Waals surface area contributed by atoms with E-state index in [0.29, 0.717) is 25.1 Å². The molecule has 8 heteroatoms. The molecule has 0 saturated carbocycles. The van der Waals surface area contributed by atoms with Crippen molar-refractivity contribution in [3.05, 3.63) is 53.9 Å². The average Bonchev–Trinajstić information content (AvgIpc) is 2.63. The number of hydrogen-bond donors (Lipinski definition) is 2. The second kappa shape index (κ2) is 10.2. The Morgan fingerprint density at radius 2 is 2.12 bits per heavy atom. The fourth-order valence-electron chi connectivity index (χ4n) is 2.27. The van der Waals surface area contributed by atoms with E-state index in [2.05, 4.69) is 20.0 Å². The average molecular weight is 364 g/mol. The number of para-hydroxylation sites is 1. The highest BCUT2D eigenvalue weighted by molar-refractivity contribution is 5.77. The van der Waals surface area contributed by atoms with Gasteiger partial charge >= 0.3 is 6.61 Å². The van der Waals surface area contributed by atoms with Gasteiger partial charge in [0, 0.05) is 30.4 Å². The number of ether oxygens (including phenoxy) is 2. The molecule has 0 spiro atoms. The van der Waals surface area contributed by atoms with Crippen LogP contribution in [0.5, 0.6) is 11.5 Å². The SMILES string of the molecule is CCOc1cccc(CN=C(N)NCCc2ccccn2)c1OC(F)F. The number of hydrogen-bond acceptors (Lipinski definition) is 4. The molecule has 0 unspecified atom stereocenters. The van der Waals surface area contributed by atoms with Gasteiger partial charge in [-0.2, -0.15) is 8.78 Å². The van der Waals surface area contributed by atoms with Crippen molar-refractivity contribution in [1.29, 1.82) is 0 Å². The van der Waals surface area contributed by atoms with E-state index in [9.17, 15) is 8.78 Å². The highest BCUT2D eigenvalue weighted by atomic mass is 19.3. The molecule has 2 aromatic rings. The van der Waals surface area contributed by atoms with Crippen molar-refractivity contribution in [3.63, 3.8) is 0 Å².